The average Bonchev–Trinajstić information content (AvgIpc) is 2.69. The number of benzene rings is 1. The molecule has 0 aliphatic heterocycles. The number of rotatable bonds is 3. The van der Waals surface area contributed by atoms with Crippen LogP contribution in [0.2, 0.25) is 0 Å². The number of carbonyl (C=O) groups is 1. The maximum absolute atomic E-state index is 11.0. The number of nitro groups is 1. The van der Waals surface area contributed by atoms with E-state index < -0.39 is 10.2 Å². The van der Waals surface area contributed by atoms with Crippen molar-refractivity contribution in [3.05, 3.63) is 33.2 Å². The van der Waals surface area contributed by atoms with E-state index in [9.17, 15) is 14.9 Å². The molecule has 0 saturated carbocycles. The highest BCUT2D eigenvalue weighted by Gasteiger charge is 2.18. The monoisotopic (exact) mass is 271 g/mol. The molecule has 0 unspecified atom stereocenters. The Balaban J connectivity index is 2.70. The number of hydrogen-bond acceptors (Lipinski definition) is 5. The van der Waals surface area contributed by atoms with Crippen LogP contribution in [-0.2, 0) is 0 Å². The Morgan fingerprint density at radius 3 is 2.71 bits per heavy atom. The van der Waals surface area contributed by atoms with E-state index in [-0.39, 0.29) is 11.4 Å². The number of nitrogens with zero attached hydrogens (tertiary/aromatic N) is 1. The van der Waals surface area contributed by atoms with Crippen molar-refractivity contribution in [3.8, 4) is 5.75 Å². The van der Waals surface area contributed by atoms with Crippen molar-refractivity contribution < 1.29 is 14.5 Å². The van der Waals surface area contributed by atoms with Gasteiger partial charge in [0.15, 0.2) is 5.75 Å². The van der Waals surface area contributed by atoms with Crippen LogP contribution < -0.4 is 4.74 Å². The van der Waals surface area contributed by atoms with Crippen molar-refractivity contribution in [3.63, 3.8) is 0 Å². The second-order valence-corrected chi connectivity index (χ2v) is 4.63. The zero-order valence-corrected chi connectivity index (χ0v) is 10.2. The predicted molar refractivity (Wildman–Crippen MR) is 65.2 cm³/mol. The molecule has 2 aromatic rings. The summed E-state index contributed by atoms with van der Waals surface area (Å²) in [6.45, 7) is 0. The molecular formula is C10H6ClNO4S. The van der Waals surface area contributed by atoms with Crippen LogP contribution in [0.3, 0.4) is 0 Å². The lowest BCUT2D eigenvalue weighted by Crippen LogP contribution is -1.92. The summed E-state index contributed by atoms with van der Waals surface area (Å²) in [7, 11) is 1.36. The molecular weight excluding hydrogens is 266 g/mol. The molecule has 0 spiro atoms. The van der Waals surface area contributed by atoms with Crippen molar-refractivity contribution in [2.45, 2.75) is 0 Å². The summed E-state index contributed by atoms with van der Waals surface area (Å²) in [6, 6.07) is 4.43. The first-order valence-corrected chi connectivity index (χ1v) is 5.68. The lowest BCUT2D eigenvalue weighted by atomic mass is 10.2. The van der Waals surface area contributed by atoms with Crippen LogP contribution in [-0.4, -0.2) is 17.3 Å². The number of methoxy groups -OCH3 is 1. The van der Waals surface area contributed by atoms with Crippen LogP contribution in [0.5, 0.6) is 5.75 Å². The zero-order chi connectivity index (χ0) is 12.6. The lowest BCUT2D eigenvalue weighted by molar-refractivity contribution is -0.385. The fourth-order valence-corrected chi connectivity index (χ4v) is 2.53. The molecule has 88 valence electrons. The van der Waals surface area contributed by atoms with Gasteiger partial charge in [0, 0.05) is 22.2 Å². The fourth-order valence-electron chi connectivity index (χ4n) is 1.46. The van der Waals surface area contributed by atoms with E-state index >= 15 is 0 Å². The van der Waals surface area contributed by atoms with Crippen molar-refractivity contribution in [1.29, 1.82) is 0 Å². The summed E-state index contributed by atoms with van der Waals surface area (Å²) in [5.74, 6) is 0.165. The van der Waals surface area contributed by atoms with Crippen LogP contribution in [0.25, 0.3) is 10.1 Å². The molecule has 2 rings (SSSR count). The first kappa shape index (κ1) is 11.8. The highest BCUT2D eigenvalue weighted by molar-refractivity contribution is 7.22. The largest absolute Gasteiger partial charge is 0.490 e. The molecule has 0 N–H and O–H groups in total. The molecule has 1 heterocycles. The topological polar surface area (TPSA) is 69.4 Å². The van der Waals surface area contributed by atoms with Gasteiger partial charge in [0.2, 0.25) is 0 Å². The number of ether oxygens (including phenoxy) is 1. The van der Waals surface area contributed by atoms with Crippen LogP contribution in [0.4, 0.5) is 5.69 Å². The van der Waals surface area contributed by atoms with Gasteiger partial charge in [-0.2, -0.15) is 0 Å². The van der Waals surface area contributed by atoms with Gasteiger partial charge in [-0.3, -0.25) is 14.9 Å². The standard InChI is InChI=1S/C10H6ClNO4S/c1-16-7-4-8-5(2-6(7)12(14)15)3-9(17-8)10(11)13/h2-4H,1H3. The molecule has 0 aliphatic rings. The number of fused-ring (bicyclic) bond motifs is 1. The highest BCUT2D eigenvalue weighted by atomic mass is 35.5. The zero-order valence-electron chi connectivity index (χ0n) is 8.60. The quantitative estimate of drug-likeness (QED) is 0.488. The van der Waals surface area contributed by atoms with Gasteiger partial charge in [-0.1, -0.05) is 0 Å². The minimum absolute atomic E-state index is 0.133. The van der Waals surface area contributed by atoms with Gasteiger partial charge >= 0.3 is 5.69 Å². The molecule has 5 nitrogen and oxygen atoms in total. The van der Waals surface area contributed by atoms with Gasteiger partial charge in [0.05, 0.1) is 16.9 Å². The van der Waals surface area contributed by atoms with Gasteiger partial charge in [-0.15, -0.1) is 11.3 Å². The summed E-state index contributed by atoms with van der Waals surface area (Å²) in [4.78, 5) is 21.6. The Morgan fingerprint density at radius 1 is 1.47 bits per heavy atom. The molecule has 1 aromatic heterocycles. The molecule has 1 aromatic carbocycles. The van der Waals surface area contributed by atoms with Crippen molar-refractivity contribution in [2.24, 2.45) is 0 Å². The Kier molecular flexibility index (Phi) is 2.99. The average molecular weight is 272 g/mol. The number of nitro benzene ring substituents is 1. The summed E-state index contributed by atoms with van der Waals surface area (Å²) in [6.07, 6.45) is 0. The second kappa shape index (κ2) is 4.31. The third kappa shape index (κ3) is 2.09. The Bertz CT molecular complexity index is 622. The van der Waals surface area contributed by atoms with Gasteiger partial charge in [-0.25, -0.2) is 0 Å². The molecule has 0 saturated heterocycles. The van der Waals surface area contributed by atoms with E-state index in [0.717, 1.165) is 4.70 Å². The molecule has 7 heteroatoms. The van der Waals surface area contributed by atoms with E-state index in [4.69, 9.17) is 16.3 Å². The molecule has 0 radical (unpaired) electrons. The van der Waals surface area contributed by atoms with Gasteiger partial charge in [0.1, 0.15) is 0 Å². The highest BCUT2D eigenvalue weighted by Crippen LogP contribution is 2.36. The van der Waals surface area contributed by atoms with E-state index in [2.05, 4.69) is 0 Å². The van der Waals surface area contributed by atoms with E-state index in [1.165, 1.54) is 36.6 Å². The van der Waals surface area contributed by atoms with Gasteiger partial charge in [-0.05, 0) is 17.7 Å². The molecule has 0 fully saturated rings. The number of carbonyl (C=O) groups excluding carboxylic acids is 1. The number of halogens is 1. The van der Waals surface area contributed by atoms with Gasteiger partial charge in [0.25, 0.3) is 5.24 Å². The SMILES string of the molecule is COc1cc2sc(C(=O)Cl)cc2cc1[N+](=O)[O-]. The van der Waals surface area contributed by atoms with Gasteiger partial charge < -0.3 is 4.74 Å². The van der Waals surface area contributed by atoms with Crippen molar-refractivity contribution in [1.82, 2.24) is 0 Å². The fraction of sp³-hybridized carbons (Fsp3) is 0.100. The van der Waals surface area contributed by atoms with E-state index in [0.29, 0.717) is 10.3 Å². The second-order valence-electron chi connectivity index (χ2n) is 3.20. The Hall–Kier alpha value is -1.66. The smallest absolute Gasteiger partial charge is 0.311 e. The van der Waals surface area contributed by atoms with Crippen LogP contribution in [0, 0.1) is 10.1 Å². The number of thiophene rings is 1. The third-order valence-electron chi connectivity index (χ3n) is 2.21. The third-order valence-corrected chi connectivity index (χ3v) is 3.62. The Labute approximate surface area is 105 Å². The maximum Gasteiger partial charge on any atom is 0.311 e. The van der Waals surface area contributed by atoms with Crippen LogP contribution >= 0.6 is 22.9 Å². The molecule has 0 aliphatic carbocycles. The summed E-state index contributed by atoms with van der Waals surface area (Å²) in [5.41, 5.74) is -0.133. The molecule has 0 atom stereocenters. The molecule has 0 amide bonds. The van der Waals surface area contributed by atoms with Crippen molar-refractivity contribution in [2.75, 3.05) is 7.11 Å². The first-order valence-electron chi connectivity index (χ1n) is 4.48. The molecule has 17 heavy (non-hydrogen) atoms. The van der Waals surface area contributed by atoms with Crippen LogP contribution in [0.1, 0.15) is 9.67 Å². The summed E-state index contributed by atoms with van der Waals surface area (Å²) < 4.78 is 5.65. The minimum Gasteiger partial charge on any atom is -0.490 e. The lowest BCUT2D eigenvalue weighted by Gasteiger charge is -2.00. The Morgan fingerprint density at radius 2 is 2.18 bits per heavy atom. The summed E-state index contributed by atoms with van der Waals surface area (Å²) >= 11 is 6.53. The van der Waals surface area contributed by atoms with Crippen LogP contribution in [0.15, 0.2) is 18.2 Å². The maximum atomic E-state index is 11.0. The normalized spacial score (nSPS) is 10.5. The molecule has 0 bridgehead atoms. The summed E-state index contributed by atoms with van der Waals surface area (Å²) in [5, 5.41) is 10.8. The minimum atomic E-state index is -0.576. The predicted octanol–water partition coefficient (Wildman–Crippen LogP) is 3.20. The number of hydrogen-bond donors (Lipinski definition) is 0. The first-order chi connectivity index (χ1) is 8.02. The van der Waals surface area contributed by atoms with E-state index in [1.54, 1.807) is 0 Å². The van der Waals surface area contributed by atoms with Crippen molar-refractivity contribution >= 4 is 44.0 Å². The van der Waals surface area contributed by atoms with E-state index in [1.807, 2.05) is 0 Å².